The number of nitrogens with one attached hydrogen (secondary N) is 1. The van der Waals surface area contributed by atoms with Crippen LogP contribution in [-0.4, -0.2) is 42.5 Å². The van der Waals surface area contributed by atoms with Crippen molar-refractivity contribution in [3.05, 3.63) is 57.8 Å². The van der Waals surface area contributed by atoms with E-state index < -0.39 is 18.2 Å². The standard InChI is InChI=1S/C18H17BrF4N2O2/c19-13-5-6-14(20)15(17(13)26)16(25-9-7-24-8-10-25)11-1-3-12(4-2-11)27-18(21,22)23/h1-6,16,24,26H,7-10H2/t16-/m0/s1. The zero-order valence-corrected chi connectivity index (χ0v) is 15.6. The van der Waals surface area contributed by atoms with Gasteiger partial charge in [-0.05, 0) is 45.8 Å². The van der Waals surface area contributed by atoms with Crippen LogP contribution in [0.2, 0.25) is 0 Å². The van der Waals surface area contributed by atoms with Crippen LogP contribution in [0.5, 0.6) is 11.5 Å². The fraction of sp³-hybridized carbons (Fsp3) is 0.333. The number of phenols is 1. The molecule has 1 atom stereocenters. The second kappa shape index (κ2) is 8.04. The van der Waals surface area contributed by atoms with Gasteiger partial charge in [-0.3, -0.25) is 4.90 Å². The van der Waals surface area contributed by atoms with Gasteiger partial charge in [0.25, 0.3) is 0 Å². The maximum Gasteiger partial charge on any atom is 0.573 e. The summed E-state index contributed by atoms with van der Waals surface area (Å²) in [6, 6.07) is 7.28. The molecule has 27 heavy (non-hydrogen) atoms. The molecule has 1 saturated heterocycles. The molecule has 1 aliphatic heterocycles. The zero-order chi connectivity index (χ0) is 19.6. The molecule has 0 saturated carbocycles. The van der Waals surface area contributed by atoms with Crippen LogP contribution < -0.4 is 10.1 Å². The van der Waals surface area contributed by atoms with Crippen LogP contribution in [0, 0.1) is 5.82 Å². The lowest BCUT2D eigenvalue weighted by atomic mass is 9.95. The van der Waals surface area contributed by atoms with E-state index in [9.17, 15) is 22.7 Å². The van der Waals surface area contributed by atoms with Crippen molar-refractivity contribution in [3.63, 3.8) is 0 Å². The molecule has 1 fully saturated rings. The molecular formula is C18H17BrF4N2O2. The maximum atomic E-state index is 14.6. The second-order valence-electron chi connectivity index (χ2n) is 6.10. The molecule has 0 bridgehead atoms. The van der Waals surface area contributed by atoms with Crippen molar-refractivity contribution in [1.82, 2.24) is 10.2 Å². The first kappa shape index (κ1) is 19.9. The topological polar surface area (TPSA) is 44.7 Å². The minimum Gasteiger partial charge on any atom is -0.506 e. The summed E-state index contributed by atoms with van der Waals surface area (Å²) in [5, 5.41) is 13.6. The Balaban J connectivity index is 2.02. The first-order valence-electron chi connectivity index (χ1n) is 8.23. The van der Waals surface area contributed by atoms with Crippen molar-refractivity contribution < 1.29 is 27.4 Å². The maximum absolute atomic E-state index is 14.6. The van der Waals surface area contributed by atoms with E-state index in [1.165, 1.54) is 36.4 Å². The molecule has 4 nitrogen and oxygen atoms in total. The molecule has 1 heterocycles. The number of hydrogen-bond donors (Lipinski definition) is 2. The number of ether oxygens (including phenoxy) is 1. The Morgan fingerprint density at radius 2 is 1.70 bits per heavy atom. The number of aromatic hydroxyl groups is 1. The lowest BCUT2D eigenvalue weighted by molar-refractivity contribution is -0.274. The van der Waals surface area contributed by atoms with Crippen molar-refractivity contribution in [2.24, 2.45) is 0 Å². The molecule has 2 N–H and O–H groups in total. The summed E-state index contributed by atoms with van der Waals surface area (Å²) in [6.45, 7) is 2.55. The van der Waals surface area contributed by atoms with Gasteiger partial charge in [-0.1, -0.05) is 12.1 Å². The van der Waals surface area contributed by atoms with Gasteiger partial charge in [0.05, 0.1) is 16.1 Å². The van der Waals surface area contributed by atoms with Crippen LogP contribution in [-0.2, 0) is 0 Å². The van der Waals surface area contributed by atoms with Gasteiger partial charge in [-0.25, -0.2) is 4.39 Å². The van der Waals surface area contributed by atoms with E-state index in [1.807, 2.05) is 4.90 Å². The molecule has 0 radical (unpaired) electrons. The third-order valence-corrected chi connectivity index (χ3v) is 4.97. The van der Waals surface area contributed by atoms with E-state index >= 15 is 0 Å². The van der Waals surface area contributed by atoms with Gasteiger partial charge in [0.2, 0.25) is 0 Å². The van der Waals surface area contributed by atoms with Crippen molar-refractivity contribution in [1.29, 1.82) is 0 Å². The average Bonchev–Trinajstić information content (AvgIpc) is 2.62. The third kappa shape index (κ3) is 4.72. The summed E-state index contributed by atoms with van der Waals surface area (Å²) in [7, 11) is 0. The lowest BCUT2D eigenvalue weighted by Gasteiger charge is -2.36. The van der Waals surface area contributed by atoms with Crippen molar-refractivity contribution in [3.8, 4) is 11.5 Å². The van der Waals surface area contributed by atoms with Crippen molar-refractivity contribution >= 4 is 15.9 Å². The van der Waals surface area contributed by atoms with Crippen LogP contribution >= 0.6 is 15.9 Å². The van der Waals surface area contributed by atoms with Gasteiger partial charge in [0.15, 0.2) is 0 Å². The van der Waals surface area contributed by atoms with E-state index in [4.69, 9.17) is 0 Å². The normalized spacial score (nSPS) is 16.9. The minimum atomic E-state index is -4.78. The Hall–Kier alpha value is -1.84. The Kier molecular flexibility index (Phi) is 5.92. The first-order chi connectivity index (χ1) is 12.8. The van der Waals surface area contributed by atoms with Gasteiger partial charge < -0.3 is 15.2 Å². The number of phenolic OH excluding ortho intramolecular Hbond substituents is 1. The number of piperazine rings is 1. The molecule has 0 spiro atoms. The molecule has 0 aromatic heterocycles. The minimum absolute atomic E-state index is 0.0794. The highest BCUT2D eigenvalue weighted by molar-refractivity contribution is 9.10. The van der Waals surface area contributed by atoms with Crippen LogP contribution in [0.4, 0.5) is 17.6 Å². The molecule has 0 unspecified atom stereocenters. The van der Waals surface area contributed by atoms with Gasteiger partial charge in [0, 0.05) is 26.2 Å². The first-order valence-corrected chi connectivity index (χ1v) is 9.03. The van der Waals surface area contributed by atoms with E-state index in [1.54, 1.807) is 0 Å². The molecule has 1 aliphatic rings. The predicted octanol–water partition coefficient (Wildman–Crippen LogP) is 4.19. The Bertz CT molecular complexity index is 793. The molecule has 0 aliphatic carbocycles. The SMILES string of the molecule is Oc1c(Br)ccc(F)c1[C@H](c1ccc(OC(F)(F)F)cc1)N1CCNCC1. The molecule has 2 aromatic carbocycles. The van der Waals surface area contributed by atoms with Gasteiger partial charge >= 0.3 is 6.36 Å². The lowest BCUT2D eigenvalue weighted by Crippen LogP contribution is -2.45. The Morgan fingerprint density at radius 3 is 2.30 bits per heavy atom. The van der Waals surface area contributed by atoms with Gasteiger partial charge in [-0.2, -0.15) is 0 Å². The molecule has 2 aromatic rings. The highest BCUT2D eigenvalue weighted by atomic mass is 79.9. The van der Waals surface area contributed by atoms with Crippen molar-refractivity contribution in [2.45, 2.75) is 12.4 Å². The largest absolute Gasteiger partial charge is 0.573 e. The van der Waals surface area contributed by atoms with E-state index in [0.29, 0.717) is 36.2 Å². The van der Waals surface area contributed by atoms with E-state index in [0.717, 1.165) is 0 Å². The summed E-state index contributed by atoms with van der Waals surface area (Å²) in [4.78, 5) is 1.97. The van der Waals surface area contributed by atoms with Gasteiger partial charge in [-0.15, -0.1) is 13.2 Å². The summed E-state index contributed by atoms with van der Waals surface area (Å²) < 4.78 is 56.0. The second-order valence-corrected chi connectivity index (χ2v) is 6.95. The number of halogens is 5. The summed E-state index contributed by atoms with van der Waals surface area (Å²) in [5.41, 5.74) is 0.634. The highest BCUT2D eigenvalue weighted by Crippen LogP contribution is 2.40. The van der Waals surface area contributed by atoms with Crippen LogP contribution in [0.15, 0.2) is 40.9 Å². The van der Waals surface area contributed by atoms with Crippen LogP contribution in [0.1, 0.15) is 17.2 Å². The zero-order valence-electron chi connectivity index (χ0n) is 14.1. The summed E-state index contributed by atoms with van der Waals surface area (Å²) in [5.74, 6) is -1.17. The quantitative estimate of drug-likeness (QED) is 0.688. The fourth-order valence-corrected chi connectivity index (χ4v) is 3.51. The van der Waals surface area contributed by atoms with E-state index in [2.05, 4.69) is 26.0 Å². The Morgan fingerprint density at radius 1 is 1.07 bits per heavy atom. The fourth-order valence-electron chi connectivity index (χ4n) is 3.17. The van der Waals surface area contributed by atoms with Crippen LogP contribution in [0.3, 0.4) is 0 Å². The molecule has 146 valence electrons. The summed E-state index contributed by atoms with van der Waals surface area (Å²) >= 11 is 3.20. The number of hydrogen-bond acceptors (Lipinski definition) is 4. The number of nitrogens with zero attached hydrogens (tertiary/aromatic N) is 1. The average molecular weight is 449 g/mol. The number of benzene rings is 2. The smallest absolute Gasteiger partial charge is 0.506 e. The number of alkyl halides is 3. The van der Waals surface area contributed by atoms with E-state index in [-0.39, 0.29) is 17.1 Å². The molecule has 3 rings (SSSR count). The third-order valence-electron chi connectivity index (χ3n) is 4.33. The highest BCUT2D eigenvalue weighted by Gasteiger charge is 2.32. The molecular weight excluding hydrogens is 432 g/mol. The van der Waals surface area contributed by atoms with Gasteiger partial charge in [0.1, 0.15) is 17.3 Å². The Labute approximate surface area is 161 Å². The predicted molar refractivity (Wildman–Crippen MR) is 95.2 cm³/mol. The monoisotopic (exact) mass is 448 g/mol. The number of rotatable bonds is 4. The molecule has 9 heteroatoms. The molecule has 0 amide bonds. The van der Waals surface area contributed by atoms with Crippen molar-refractivity contribution in [2.75, 3.05) is 26.2 Å². The summed E-state index contributed by atoms with van der Waals surface area (Å²) in [6.07, 6.45) is -4.78. The van der Waals surface area contributed by atoms with Crippen LogP contribution in [0.25, 0.3) is 0 Å².